The molecular formula is C14H15N3OS. The zero-order valence-corrected chi connectivity index (χ0v) is 11.7. The molecule has 0 radical (unpaired) electrons. The molecule has 2 aromatic rings. The molecular weight excluding hydrogens is 258 g/mol. The maximum Gasteiger partial charge on any atom is 0.265 e. The molecule has 19 heavy (non-hydrogen) atoms. The van der Waals surface area contributed by atoms with Crippen LogP contribution in [-0.4, -0.2) is 16.6 Å². The third-order valence-electron chi connectivity index (χ3n) is 3.41. The number of fused-ring (bicyclic) bond motifs is 1. The van der Waals surface area contributed by atoms with E-state index >= 15 is 0 Å². The van der Waals surface area contributed by atoms with Gasteiger partial charge < -0.3 is 10.6 Å². The van der Waals surface area contributed by atoms with Gasteiger partial charge in [-0.3, -0.25) is 9.78 Å². The molecule has 1 atom stereocenters. The van der Waals surface area contributed by atoms with E-state index in [4.69, 9.17) is 0 Å². The SMILES string of the molecule is CCC1(C)NC(=O)c2sc(-c3ccncc3)cc2N1. The van der Waals surface area contributed by atoms with Crippen molar-refractivity contribution in [1.82, 2.24) is 10.3 Å². The van der Waals surface area contributed by atoms with Crippen LogP contribution in [0, 0.1) is 0 Å². The van der Waals surface area contributed by atoms with E-state index in [0.29, 0.717) is 0 Å². The number of carbonyl (C=O) groups excluding carboxylic acids is 1. The highest BCUT2D eigenvalue weighted by atomic mass is 32.1. The Morgan fingerprint density at radius 2 is 2.05 bits per heavy atom. The summed E-state index contributed by atoms with van der Waals surface area (Å²) in [5, 5.41) is 6.42. The maximum absolute atomic E-state index is 12.2. The largest absolute Gasteiger partial charge is 0.362 e. The highest BCUT2D eigenvalue weighted by Crippen LogP contribution is 2.38. The van der Waals surface area contributed by atoms with Gasteiger partial charge in [-0.05, 0) is 37.1 Å². The smallest absolute Gasteiger partial charge is 0.265 e. The normalized spacial score (nSPS) is 21.5. The second-order valence-corrected chi connectivity index (χ2v) is 5.91. The van der Waals surface area contributed by atoms with Gasteiger partial charge in [0, 0.05) is 17.3 Å². The van der Waals surface area contributed by atoms with Crippen LogP contribution in [0.3, 0.4) is 0 Å². The Kier molecular flexibility index (Phi) is 2.78. The van der Waals surface area contributed by atoms with Gasteiger partial charge in [0.1, 0.15) is 10.5 Å². The summed E-state index contributed by atoms with van der Waals surface area (Å²) in [5.74, 6) is 0.00315. The molecule has 2 N–H and O–H groups in total. The van der Waals surface area contributed by atoms with Gasteiger partial charge in [-0.25, -0.2) is 0 Å². The van der Waals surface area contributed by atoms with Gasteiger partial charge in [0.25, 0.3) is 5.91 Å². The molecule has 1 amide bonds. The predicted molar refractivity (Wildman–Crippen MR) is 77.3 cm³/mol. The lowest BCUT2D eigenvalue weighted by molar-refractivity contribution is 0.0910. The van der Waals surface area contributed by atoms with Crippen LogP contribution in [0.25, 0.3) is 10.4 Å². The van der Waals surface area contributed by atoms with Crippen molar-refractivity contribution in [3.8, 4) is 10.4 Å². The zero-order chi connectivity index (χ0) is 13.5. The summed E-state index contributed by atoms with van der Waals surface area (Å²) >= 11 is 1.51. The molecule has 1 aliphatic rings. The summed E-state index contributed by atoms with van der Waals surface area (Å²) in [6.45, 7) is 4.05. The molecule has 1 aliphatic heterocycles. The second kappa shape index (κ2) is 4.35. The van der Waals surface area contributed by atoms with Gasteiger partial charge in [0.15, 0.2) is 0 Å². The molecule has 2 aromatic heterocycles. The number of thiophene rings is 1. The predicted octanol–water partition coefficient (Wildman–Crippen LogP) is 3.09. The van der Waals surface area contributed by atoms with Crippen LogP contribution in [0.2, 0.25) is 0 Å². The quantitative estimate of drug-likeness (QED) is 0.884. The number of aromatic nitrogens is 1. The van der Waals surface area contributed by atoms with Crippen molar-refractivity contribution in [3.05, 3.63) is 35.5 Å². The van der Waals surface area contributed by atoms with E-state index in [-0.39, 0.29) is 11.6 Å². The van der Waals surface area contributed by atoms with E-state index in [1.165, 1.54) is 11.3 Å². The summed E-state index contributed by atoms with van der Waals surface area (Å²) in [7, 11) is 0. The van der Waals surface area contributed by atoms with Gasteiger partial charge >= 0.3 is 0 Å². The van der Waals surface area contributed by atoms with Crippen molar-refractivity contribution in [1.29, 1.82) is 0 Å². The van der Waals surface area contributed by atoms with Crippen molar-refractivity contribution in [2.45, 2.75) is 25.9 Å². The van der Waals surface area contributed by atoms with Crippen LogP contribution in [0.1, 0.15) is 29.9 Å². The first-order valence-electron chi connectivity index (χ1n) is 6.26. The standard InChI is InChI=1S/C14H15N3OS/c1-3-14(2)16-10-8-11(9-4-6-15-7-5-9)19-12(10)13(18)17-14/h4-8,16H,3H2,1-2H3,(H,17,18). The Bertz CT molecular complexity index is 623. The average molecular weight is 273 g/mol. The molecule has 0 aromatic carbocycles. The average Bonchev–Trinajstić information content (AvgIpc) is 2.84. The Labute approximate surface area is 115 Å². The lowest BCUT2D eigenvalue weighted by Crippen LogP contribution is -2.54. The lowest BCUT2D eigenvalue weighted by atomic mass is 10.1. The molecule has 1 unspecified atom stereocenters. The number of hydrogen-bond acceptors (Lipinski definition) is 4. The highest BCUT2D eigenvalue weighted by Gasteiger charge is 2.33. The molecule has 5 heteroatoms. The first-order valence-corrected chi connectivity index (χ1v) is 7.08. The second-order valence-electron chi connectivity index (χ2n) is 4.85. The summed E-state index contributed by atoms with van der Waals surface area (Å²) in [6.07, 6.45) is 4.36. The number of nitrogens with one attached hydrogen (secondary N) is 2. The number of nitrogens with zero attached hydrogens (tertiary/aromatic N) is 1. The maximum atomic E-state index is 12.2. The van der Waals surface area contributed by atoms with Crippen LogP contribution in [0.4, 0.5) is 5.69 Å². The van der Waals surface area contributed by atoms with Gasteiger partial charge in [-0.15, -0.1) is 11.3 Å². The summed E-state index contributed by atoms with van der Waals surface area (Å²) < 4.78 is 0. The Morgan fingerprint density at radius 3 is 2.74 bits per heavy atom. The van der Waals surface area contributed by atoms with E-state index in [1.54, 1.807) is 12.4 Å². The van der Waals surface area contributed by atoms with Crippen LogP contribution in [0.5, 0.6) is 0 Å². The Morgan fingerprint density at radius 1 is 1.32 bits per heavy atom. The third kappa shape index (κ3) is 2.10. The molecule has 0 spiro atoms. The first-order chi connectivity index (χ1) is 9.11. The van der Waals surface area contributed by atoms with Crippen LogP contribution >= 0.6 is 11.3 Å². The van der Waals surface area contributed by atoms with Gasteiger partial charge in [0.05, 0.1) is 5.69 Å². The molecule has 4 nitrogen and oxygen atoms in total. The van der Waals surface area contributed by atoms with Crippen molar-refractivity contribution >= 4 is 22.9 Å². The number of anilines is 1. The minimum Gasteiger partial charge on any atom is -0.362 e. The monoisotopic (exact) mass is 273 g/mol. The Balaban J connectivity index is 2.03. The summed E-state index contributed by atoms with van der Waals surface area (Å²) in [5.41, 5.74) is 1.65. The van der Waals surface area contributed by atoms with E-state index in [0.717, 1.165) is 27.4 Å². The van der Waals surface area contributed by atoms with Gasteiger partial charge in [0.2, 0.25) is 0 Å². The van der Waals surface area contributed by atoms with Gasteiger partial charge in [-0.1, -0.05) is 6.92 Å². The van der Waals surface area contributed by atoms with E-state index in [1.807, 2.05) is 25.1 Å². The number of hydrogen-bond donors (Lipinski definition) is 2. The van der Waals surface area contributed by atoms with Crippen LogP contribution in [-0.2, 0) is 0 Å². The molecule has 0 aliphatic carbocycles. The minimum atomic E-state index is -0.360. The van der Waals surface area contributed by atoms with Crippen molar-refractivity contribution in [2.75, 3.05) is 5.32 Å². The summed E-state index contributed by atoms with van der Waals surface area (Å²) in [4.78, 5) is 18.0. The first kappa shape index (κ1) is 12.2. The lowest BCUT2D eigenvalue weighted by Gasteiger charge is -2.35. The van der Waals surface area contributed by atoms with Crippen LogP contribution < -0.4 is 10.6 Å². The van der Waals surface area contributed by atoms with E-state index in [2.05, 4.69) is 22.5 Å². The fourth-order valence-corrected chi connectivity index (χ4v) is 3.14. The zero-order valence-electron chi connectivity index (χ0n) is 10.9. The third-order valence-corrected chi connectivity index (χ3v) is 4.59. The number of carbonyl (C=O) groups is 1. The fraction of sp³-hybridized carbons (Fsp3) is 0.286. The van der Waals surface area contributed by atoms with Crippen molar-refractivity contribution in [3.63, 3.8) is 0 Å². The number of pyridine rings is 1. The molecule has 0 saturated heterocycles. The molecule has 3 rings (SSSR count). The molecule has 0 saturated carbocycles. The van der Waals surface area contributed by atoms with Crippen molar-refractivity contribution < 1.29 is 4.79 Å². The number of amides is 1. The fourth-order valence-electron chi connectivity index (χ4n) is 2.12. The molecule has 0 bridgehead atoms. The highest BCUT2D eigenvalue weighted by molar-refractivity contribution is 7.18. The topological polar surface area (TPSA) is 54.0 Å². The van der Waals surface area contributed by atoms with Crippen LogP contribution in [0.15, 0.2) is 30.6 Å². The number of rotatable bonds is 2. The van der Waals surface area contributed by atoms with Crippen molar-refractivity contribution in [2.24, 2.45) is 0 Å². The molecule has 98 valence electrons. The van der Waals surface area contributed by atoms with E-state index in [9.17, 15) is 4.79 Å². The summed E-state index contributed by atoms with van der Waals surface area (Å²) in [6, 6.07) is 5.95. The van der Waals surface area contributed by atoms with E-state index < -0.39 is 0 Å². The Hall–Kier alpha value is -1.88. The minimum absolute atomic E-state index is 0.00315. The molecule has 3 heterocycles. The van der Waals surface area contributed by atoms with Gasteiger partial charge in [-0.2, -0.15) is 0 Å². The molecule has 0 fully saturated rings.